The van der Waals surface area contributed by atoms with Crippen LogP contribution in [0, 0.1) is 0 Å². The number of carbonyl (C=O) groups is 1. The number of Topliss-reactive ketones (excluding diaryl/α,β-unsaturated/α-hetero) is 1. The summed E-state index contributed by atoms with van der Waals surface area (Å²) in [5.74, 6) is 0.280. The maximum Gasteiger partial charge on any atom is 0.162 e. The van der Waals surface area contributed by atoms with E-state index < -0.39 is 0 Å². The van der Waals surface area contributed by atoms with Gasteiger partial charge < -0.3 is 0 Å². The number of hydrogen-bond donors (Lipinski definition) is 0. The maximum atomic E-state index is 12.4. The fourth-order valence-corrected chi connectivity index (χ4v) is 3.51. The SMILES string of the molecule is CCCCCCCCCCCC(=O)c1ccc2cc(Br)ccc2c1. The van der Waals surface area contributed by atoms with E-state index >= 15 is 0 Å². The summed E-state index contributed by atoms with van der Waals surface area (Å²) < 4.78 is 1.07. The van der Waals surface area contributed by atoms with Crippen molar-refractivity contribution in [3.8, 4) is 0 Å². The Morgan fingerprint density at radius 2 is 1.38 bits per heavy atom. The molecule has 1 nitrogen and oxygen atoms in total. The summed E-state index contributed by atoms with van der Waals surface area (Å²) in [6.07, 6.45) is 12.3. The number of fused-ring (bicyclic) bond motifs is 1. The van der Waals surface area contributed by atoms with Gasteiger partial charge in [0.2, 0.25) is 0 Å². The van der Waals surface area contributed by atoms with Crippen molar-refractivity contribution in [2.45, 2.75) is 71.1 Å². The molecule has 2 aromatic carbocycles. The molecule has 130 valence electrons. The van der Waals surface area contributed by atoms with Gasteiger partial charge in [0.05, 0.1) is 0 Å². The van der Waals surface area contributed by atoms with E-state index in [9.17, 15) is 4.79 Å². The highest BCUT2D eigenvalue weighted by molar-refractivity contribution is 9.10. The zero-order chi connectivity index (χ0) is 17.2. The lowest BCUT2D eigenvalue weighted by Gasteiger charge is -2.05. The van der Waals surface area contributed by atoms with Crippen LogP contribution in [-0.4, -0.2) is 5.78 Å². The Kier molecular flexibility index (Phi) is 8.52. The van der Waals surface area contributed by atoms with Crippen LogP contribution in [0.5, 0.6) is 0 Å². The second kappa shape index (κ2) is 10.7. The van der Waals surface area contributed by atoms with Crippen molar-refractivity contribution in [1.82, 2.24) is 0 Å². The first kappa shape index (κ1) is 19.2. The van der Waals surface area contributed by atoms with Gasteiger partial charge in [0.1, 0.15) is 0 Å². The van der Waals surface area contributed by atoms with Crippen molar-refractivity contribution in [1.29, 1.82) is 0 Å². The second-order valence-corrected chi connectivity index (χ2v) is 7.62. The molecule has 0 heterocycles. The molecule has 0 amide bonds. The molecule has 0 fully saturated rings. The summed E-state index contributed by atoms with van der Waals surface area (Å²) in [7, 11) is 0. The molecule has 0 N–H and O–H groups in total. The van der Waals surface area contributed by atoms with Gasteiger partial charge in [-0.25, -0.2) is 0 Å². The molecular weight excluding hydrogens is 360 g/mol. The molecule has 0 atom stereocenters. The van der Waals surface area contributed by atoms with Crippen LogP contribution in [0.2, 0.25) is 0 Å². The van der Waals surface area contributed by atoms with E-state index in [1.807, 2.05) is 24.3 Å². The molecule has 0 radical (unpaired) electrons. The number of carbonyl (C=O) groups excluding carboxylic acids is 1. The summed E-state index contributed by atoms with van der Waals surface area (Å²) in [5, 5.41) is 2.31. The lowest BCUT2D eigenvalue weighted by Crippen LogP contribution is -1.98. The zero-order valence-corrected chi connectivity index (χ0v) is 16.4. The lowest BCUT2D eigenvalue weighted by atomic mass is 10.0. The highest BCUT2D eigenvalue weighted by atomic mass is 79.9. The molecule has 24 heavy (non-hydrogen) atoms. The van der Waals surface area contributed by atoms with Gasteiger partial charge in [-0.1, -0.05) is 92.4 Å². The first-order chi connectivity index (χ1) is 11.7. The van der Waals surface area contributed by atoms with Gasteiger partial charge in [-0.15, -0.1) is 0 Å². The molecule has 0 saturated carbocycles. The number of ketones is 1. The maximum absolute atomic E-state index is 12.4. The normalized spacial score (nSPS) is 11.1. The quantitative estimate of drug-likeness (QED) is 0.284. The van der Waals surface area contributed by atoms with E-state index in [0.29, 0.717) is 6.42 Å². The minimum atomic E-state index is 0.280. The number of halogens is 1. The average molecular weight is 389 g/mol. The van der Waals surface area contributed by atoms with E-state index in [1.54, 1.807) is 0 Å². The first-order valence-electron chi connectivity index (χ1n) is 9.43. The van der Waals surface area contributed by atoms with Crippen molar-refractivity contribution < 1.29 is 4.79 Å². The number of rotatable bonds is 11. The van der Waals surface area contributed by atoms with Gasteiger partial charge in [0, 0.05) is 16.5 Å². The van der Waals surface area contributed by atoms with Crippen molar-refractivity contribution >= 4 is 32.5 Å². The molecule has 0 aromatic heterocycles. The van der Waals surface area contributed by atoms with Gasteiger partial charge in [-0.2, -0.15) is 0 Å². The first-order valence-corrected chi connectivity index (χ1v) is 10.2. The summed E-state index contributed by atoms with van der Waals surface area (Å²) in [6, 6.07) is 12.2. The molecular formula is C22H29BrO. The number of benzene rings is 2. The number of unbranched alkanes of at least 4 members (excludes halogenated alkanes) is 8. The molecule has 2 rings (SSSR count). The van der Waals surface area contributed by atoms with Crippen molar-refractivity contribution in [2.75, 3.05) is 0 Å². The average Bonchev–Trinajstić information content (AvgIpc) is 2.59. The Bertz CT molecular complexity index is 647. The van der Waals surface area contributed by atoms with Crippen LogP contribution < -0.4 is 0 Å². The fourth-order valence-electron chi connectivity index (χ4n) is 3.13. The molecule has 2 aromatic rings. The van der Waals surface area contributed by atoms with Crippen LogP contribution >= 0.6 is 15.9 Å². The van der Waals surface area contributed by atoms with E-state index in [4.69, 9.17) is 0 Å². The van der Waals surface area contributed by atoms with Crippen molar-refractivity contribution in [3.63, 3.8) is 0 Å². The Hall–Kier alpha value is -1.15. The highest BCUT2D eigenvalue weighted by Crippen LogP contribution is 2.22. The highest BCUT2D eigenvalue weighted by Gasteiger charge is 2.06. The topological polar surface area (TPSA) is 17.1 Å². The monoisotopic (exact) mass is 388 g/mol. The van der Waals surface area contributed by atoms with E-state index in [1.165, 1.54) is 56.8 Å². The van der Waals surface area contributed by atoms with Crippen molar-refractivity contribution in [2.24, 2.45) is 0 Å². The van der Waals surface area contributed by atoms with Crippen LogP contribution in [-0.2, 0) is 0 Å². The van der Waals surface area contributed by atoms with Gasteiger partial charge in [-0.05, 0) is 35.4 Å². The van der Waals surface area contributed by atoms with Crippen molar-refractivity contribution in [3.05, 3.63) is 46.4 Å². The van der Waals surface area contributed by atoms with Gasteiger partial charge in [0.25, 0.3) is 0 Å². The largest absolute Gasteiger partial charge is 0.294 e. The molecule has 0 spiro atoms. The zero-order valence-electron chi connectivity index (χ0n) is 14.8. The molecule has 2 heteroatoms. The van der Waals surface area contributed by atoms with Crippen LogP contribution in [0.1, 0.15) is 81.5 Å². The van der Waals surface area contributed by atoms with Crippen LogP contribution in [0.4, 0.5) is 0 Å². The Balaban J connectivity index is 1.68. The van der Waals surface area contributed by atoms with Crippen LogP contribution in [0.15, 0.2) is 40.9 Å². The second-order valence-electron chi connectivity index (χ2n) is 6.71. The molecule has 0 aliphatic carbocycles. The van der Waals surface area contributed by atoms with Crippen LogP contribution in [0.25, 0.3) is 10.8 Å². The third-order valence-corrected chi connectivity index (χ3v) is 5.12. The Labute approximate surface area is 155 Å². The minimum Gasteiger partial charge on any atom is -0.294 e. The lowest BCUT2D eigenvalue weighted by molar-refractivity contribution is 0.0979. The summed E-state index contributed by atoms with van der Waals surface area (Å²) in [6.45, 7) is 2.26. The standard InChI is InChI=1S/C22H29BrO/c1-2-3-4-5-6-7-8-9-10-11-22(24)20-13-12-19-17-21(23)15-14-18(19)16-20/h12-17H,2-11H2,1H3. The van der Waals surface area contributed by atoms with Gasteiger partial charge >= 0.3 is 0 Å². The molecule has 0 saturated heterocycles. The Morgan fingerprint density at radius 1 is 0.792 bits per heavy atom. The van der Waals surface area contributed by atoms with E-state index in [0.717, 1.165) is 21.8 Å². The minimum absolute atomic E-state index is 0.280. The summed E-state index contributed by atoms with van der Waals surface area (Å²) >= 11 is 3.49. The third kappa shape index (κ3) is 6.39. The van der Waals surface area contributed by atoms with Crippen LogP contribution in [0.3, 0.4) is 0 Å². The molecule has 0 aliphatic heterocycles. The summed E-state index contributed by atoms with van der Waals surface area (Å²) in [5.41, 5.74) is 0.851. The fraction of sp³-hybridized carbons (Fsp3) is 0.500. The predicted molar refractivity (Wildman–Crippen MR) is 108 cm³/mol. The van der Waals surface area contributed by atoms with E-state index in [2.05, 4.69) is 35.0 Å². The number of hydrogen-bond acceptors (Lipinski definition) is 1. The summed E-state index contributed by atoms with van der Waals surface area (Å²) in [4.78, 5) is 12.4. The van der Waals surface area contributed by atoms with Gasteiger partial charge in [-0.3, -0.25) is 4.79 Å². The smallest absolute Gasteiger partial charge is 0.162 e. The molecule has 0 unspecified atom stereocenters. The molecule has 0 bridgehead atoms. The van der Waals surface area contributed by atoms with Gasteiger partial charge in [0.15, 0.2) is 5.78 Å². The Morgan fingerprint density at radius 3 is 2.08 bits per heavy atom. The van der Waals surface area contributed by atoms with E-state index in [-0.39, 0.29) is 5.78 Å². The third-order valence-electron chi connectivity index (χ3n) is 4.63. The predicted octanol–water partition coefficient (Wildman–Crippen LogP) is 7.71. The molecule has 0 aliphatic rings.